The summed E-state index contributed by atoms with van der Waals surface area (Å²) in [6.45, 7) is 3.95. The van der Waals surface area contributed by atoms with Crippen LogP contribution in [0.5, 0.6) is 0 Å². The summed E-state index contributed by atoms with van der Waals surface area (Å²) in [5.41, 5.74) is 4.07. The third kappa shape index (κ3) is 8.97. The fraction of sp³-hybridized carbons (Fsp3) is 0.0789. The fourth-order valence-corrected chi connectivity index (χ4v) is 6.17. The van der Waals surface area contributed by atoms with E-state index in [1.807, 2.05) is 68.4 Å². The highest BCUT2D eigenvalue weighted by Gasteiger charge is 2.23. The maximum Gasteiger partial charge on any atom is 0.272 e. The number of amides is 3. The Labute approximate surface area is 282 Å². The zero-order valence-corrected chi connectivity index (χ0v) is 27.2. The molecule has 1 unspecified atom stereocenters. The van der Waals surface area contributed by atoms with Crippen LogP contribution < -0.4 is 16.0 Å². The van der Waals surface area contributed by atoms with E-state index < -0.39 is 22.9 Å². The van der Waals surface area contributed by atoms with Crippen molar-refractivity contribution in [2.24, 2.45) is 0 Å². The van der Waals surface area contributed by atoms with Crippen LogP contribution in [0.4, 0.5) is 15.8 Å². The van der Waals surface area contributed by atoms with Gasteiger partial charge in [0, 0.05) is 27.4 Å². The number of carbonyl (C=O) groups is 3. The van der Waals surface area contributed by atoms with Crippen molar-refractivity contribution in [2.75, 3.05) is 10.6 Å². The van der Waals surface area contributed by atoms with E-state index in [1.54, 1.807) is 48.5 Å². The van der Waals surface area contributed by atoms with Gasteiger partial charge < -0.3 is 16.0 Å². The zero-order chi connectivity index (χ0) is 33.3. The summed E-state index contributed by atoms with van der Waals surface area (Å²) in [6, 6.07) is 34.8. The first-order valence-electron chi connectivity index (χ1n) is 14.7. The van der Waals surface area contributed by atoms with Crippen LogP contribution in [0.15, 0.2) is 132 Å². The van der Waals surface area contributed by atoms with Gasteiger partial charge in [0.2, 0.25) is 5.91 Å². The Balaban J connectivity index is 1.40. The highest BCUT2D eigenvalue weighted by Crippen LogP contribution is 2.37. The molecule has 0 saturated carbocycles. The molecule has 0 aliphatic carbocycles. The standard InChI is InChI=1S/C38H31ClFN3O3S/c1-24-19-25(2)21-29(20-24)42-38(46)35(26-11-5-3-6-12-26)47-30-16-9-15-28(22-30)41-37(45)34(23-31-32(39)17-10-18-33(31)40)43-36(44)27-13-7-4-8-14-27/h3-23,35H,1-2H3,(H,41,45)(H,42,46)(H,43,44)/b34-23+. The lowest BCUT2D eigenvalue weighted by Gasteiger charge is -2.18. The minimum atomic E-state index is -0.692. The number of carbonyl (C=O) groups excluding carboxylic acids is 3. The Morgan fingerprint density at radius 1 is 0.745 bits per heavy atom. The topological polar surface area (TPSA) is 87.3 Å². The third-order valence-corrected chi connectivity index (χ3v) is 8.57. The number of thioether (sulfide) groups is 1. The van der Waals surface area contributed by atoms with Crippen LogP contribution in [0.2, 0.25) is 5.02 Å². The van der Waals surface area contributed by atoms with E-state index in [0.29, 0.717) is 21.8 Å². The van der Waals surface area contributed by atoms with Gasteiger partial charge >= 0.3 is 0 Å². The number of nitrogens with one attached hydrogen (secondary N) is 3. The van der Waals surface area contributed by atoms with Crippen LogP contribution in [0.1, 0.15) is 37.9 Å². The number of hydrogen-bond acceptors (Lipinski definition) is 4. The molecule has 6 nitrogen and oxygen atoms in total. The van der Waals surface area contributed by atoms with E-state index in [4.69, 9.17) is 11.6 Å². The van der Waals surface area contributed by atoms with E-state index in [9.17, 15) is 18.8 Å². The van der Waals surface area contributed by atoms with Crippen LogP contribution in [0.3, 0.4) is 0 Å². The molecular formula is C38H31ClFN3O3S. The summed E-state index contributed by atoms with van der Waals surface area (Å²) in [7, 11) is 0. The molecule has 0 bridgehead atoms. The van der Waals surface area contributed by atoms with Crippen molar-refractivity contribution in [1.29, 1.82) is 0 Å². The fourth-order valence-electron chi connectivity index (χ4n) is 4.87. The van der Waals surface area contributed by atoms with Crippen molar-refractivity contribution in [3.63, 3.8) is 0 Å². The molecule has 236 valence electrons. The Hall–Kier alpha value is -5.18. The second-order valence-corrected chi connectivity index (χ2v) is 12.4. The van der Waals surface area contributed by atoms with Gasteiger partial charge in [-0.1, -0.05) is 78.3 Å². The highest BCUT2D eigenvalue weighted by molar-refractivity contribution is 8.00. The molecule has 0 heterocycles. The summed E-state index contributed by atoms with van der Waals surface area (Å²) in [6.07, 6.45) is 1.20. The van der Waals surface area contributed by atoms with Crippen LogP contribution in [0, 0.1) is 19.7 Å². The van der Waals surface area contributed by atoms with Gasteiger partial charge in [-0.05, 0) is 91.2 Å². The Morgan fingerprint density at radius 2 is 1.40 bits per heavy atom. The summed E-state index contributed by atoms with van der Waals surface area (Å²) in [4.78, 5) is 41.0. The lowest BCUT2D eigenvalue weighted by atomic mass is 10.1. The molecule has 9 heteroatoms. The minimum absolute atomic E-state index is 0.0440. The van der Waals surface area contributed by atoms with Gasteiger partial charge in [0.05, 0.1) is 5.02 Å². The maximum atomic E-state index is 14.7. The van der Waals surface area contributed by atoms with Crippen molar-refractivity contribution in [2.45, 2.75) is 24.0 Å². The summed E-state index contributed by atoms with van der Waals surface area (Å²) < 4.78 is 14.7. The van der Waals surface area contributed by atoms with E-state index in [0.717, 1.165) is 16.7 Å². The van der Waals surface area contributed by atoms with Gasteiger partial charge in [-0.2, -0.15) is 0 Å². The second kappa shape index (κ2) is 15.4. The normalized spacial score (nSPS) is 11.8. The van der Waals surface area contributed by atoms with Crippen molar-refractivity contribution in [1.82, 2.24) is 5.32 Å². The zero-order valence-electron chi connectivity index (χ0n) is 25.6. The average molecular weight is 664 g/mol. The van der Waals surface area contributed by atoms with Crippen molar-refractivity contribution >= 4 is 58.5 Å². The number of benzene rings is 5. The van der Waals surface area contributed by atoms with Gasteiger partial charge in [0.1, 0.15) is 16.8 Å². The van der Waals surface area contributed by atoms with Gasteiger partial charge in [0.25, 0.3) is 11.8 Å². The third-order valence-electron chi connectivity index (χ3n) is 6.99. The molecular weight excluding hydrogens is 633 g/mol. The van der Waals surface area contributed by atoms with Crippen LogP contribution in [0.25, 0.3) is 6.08 Å². The second-order valence-electron chi connectivity index (χ2n) is 10.8. The van der Waals surface area contributed by atoms with E-state index >= 15 is 0 Å². The van der Waals surface area contributed by atoms with Crippen molar-refractivity contribution < 1.29 is 18.8 Å². The molecule has 5 aromatic rings. The van der Waals surface area contributed by atoms with E-state index in [1.165, 1.54) is 36.0 Å². The molecule has 3 N–H and O–H groups in total. The van der Waals surface area contributed by atoms with Gasteiger partial charge in [-0.3, -0.25) is 14.4 Å². The molecule has 5 rings (SSSR count). The lowest BCUT2D eigenvalue weighted by Crippen LogP contribution is -2.30. The number of rotatable bonds is 10. The van der Waals surface area contributed by atoms with E-state index in [2.05, 4.69) is 16.0 Å². The molecule has 0 aliphatic rings. The smallest absolute Gasteiger partial charge is 0.272 e. The molecule has 3 amide bonds. The lowest BCUT2D eigenvalue weighted by molar-refractivity contribution is -0.116. The molecule has 47 heavy (non-hydrogen) atoms. The molecule has 0 aliphatic heterocycles. The first-order valence-corrected chi connectivity index (χ1v) is 16.0. The molecule has 0 radical (unpaired) electrons. The number of anilines is 2. The number of aryl methyl sites for hydroxylation is 2. The number of hydrogen-bond donors (Lipinski definition) is 3. The van der Waals surface area contributed by atoms with Crippen LogP contribution in [-0.4, -0.2) is 17.7 Å². The monoisotopic (exact) mass is 663 g/mol. The highest BCUT2D eigenvalue weighted by atomic mass is 35.5. The Morgan fingerprint density at radius 3 is 2.09 bits per heavy atom. The molecule has 0 spiro atoms. The Kier molecular flexibility index (Phi) is 10.9. The molecule has 1 atom stereocenters. The summed E-state index contributed by atoms with van der Waals surface area (Å²) in [5, 5.41) is 7.91. The number of halogens is 2. The van der Waals surface area contributed by atoms with Crippen molar-refractivity contribution in [3.8, 4) is 0 Å². The minimum Gasteiger partial charge on any atom is -0.325 e. The summed E-state index contributed by atoms with van der Waals surface area (Å²) >= 11 is 7.57. The molecule has 0 fully saturated rings. The SMILES string of the molecule is Cc1cc(C)cc(NC(=O)C(Sc2cccc(NC(=O)/C(=C\c3c(F)cccc3Cl)NC(=O)c3ccccc3)c2)c2ccccc2)c1. The predicted molar refractivity (Wildman–Crippen MR) is 188 cm³/mol. The van der Waals surface area contributed by atoms with Crippen LogP contribution >= 0.6 is 23.4 Å². The molecule has 0 saturated heterocycles. The largest absolute Gasteiger partial charge is 0.325 e. The van der Waals surface area contributed by atoms with Crippen LogP contribution in [-0.2, 0) is 9.59 Å². The summed E-state index contributed by atoms with van der Waals surface area (Å²) in [5.74, 6) is -2.09. The maximum absolute atomic E-state index is 14.7. The van der Waals surface area contributed by atoms with Gasteiger partial charge in [-0.25, -0.2) is 4.39 Å². The first-order chi connectivity index (χ1) is 22.7. The Bertz CT molecular complexity index is 1910. The van der Waals surface area contributed by atoms with Crippen molar-refractivity contribution in [3.05, 3.63) is 166 Å². The molecule has 0 aromatic heterocycles. The van der Waals surface area contributed by atoms with E-state index in [-0.39, 0.29) is 22.2 Å². The first kappa shape index (κ1) is 33.2. The van der Waals surface area contributed by atoms with Gasteiger partial charge in [-0.15, -0.1) is 11.8 Å². The quantitative estimate of drug-likeness (QED) is 0.103. The molecule has 5 aromatic carbocycles. The predicted octanol–water partition coefficient (Wildman–Crippen LogP) is 8.98. The van der Waals surface area contributed by atoms with Gasteiger partial charge in [0.15, 0.2) is 0 Å². The average Bonchev–Trinajstić information content (AvgIpc) is 3.05.